The Morgan fingerprint density at radius 3 is 2.52 bits per heavy atom. The van der Waals surface area contributed by atoms with Crippen molar-refractivity contribution in [2.75, 3.05) is 32.1 Å². The van der Waals surface area contributed by atoms with E-state index in [0.29, 0.717) is 13.2 Å². The predicted molar refractivity (Wildman–Crippen MR) is 88.2 cm³/mol. The number of thioether (sulfide) groups is 1. The lowest BCUT2D eigenvalue weighted by Crippen LogP contribution is -2.54. The van der Waals surface area contributed by atoms with Gasteiger partial charge in [0.05, 0.1) is 18.8 Å². The Kier molecular flexibility index (Phi) is 5.62. The summed E-state index contributed by atoms with van der Waals surface area (Å²) in [4.78, 5) is 16.2. The molecule has 0 unspecified atom stereocenters. The van der Waals surface area contributed by atoms with Gasteiger partial charge in [-0.3, -0.25) is 9.69 Å². The zero-order chi connectivity index (χ0) is 15.3. The van der Waals surface area contributed by atoms with Crippen LogP contribution in [0.3, 0.4) is 0 Å². The van der Waals surface area contributed by atoms with Crippen molar-refractivity contribution in [3.05, 3.63) is 42.5 Å². The van der Waals surface area contributed by atoms with Crippen molar-refractivity contribution in [2.45, 2.75) is 24.3 Å². The standard InChI is InChI=1S/C17H23NO2S/c1-4-13-21-15-7-5-14(6-8-15)16(19)17(2,3)18-9-11-20-12-10-18/h4-8H,1,9-13H2,2-3H3. The van der Waals surface area contributed by atoms with Crippen LogP contribution in [0, 0.1) is 0 Å². The Hall–Kier alpha value is -1.10. The first kappa shape index (κ1) is 16.3. The van der Waals surface area contributed by atoms with E-state index in [4.69, 9.17) is 4.74 Å². The molecule has 1 saturated heterocycles. The summed E-state index contributed by atoms with van der Waals surface area (Å²) in [6.07, 6.45) is 1.88. The van der Waals surface area contributed by atoms with E-state index in [9.17, 15) is 4.79 Å². The lowest BCUT2D eigenvalue weighted by Gasteiger charge is -2.39. The van der Waals surface area contributed by atoms with E-state index < -0.39 is 5.54 Å². The Morgan fingerprint density at radius 2 is 1.95 bits per heavy atom. The van der Waals surface area contributed by atoms with Crippen molar-refractivity contribution < 1.29 is 9.53 Å². The van der Waals surface area contributed by atoms with Gasteiger partial charge in [-0.05, 0) is 26.0 Å². The predicted octanol–water partition coefficient (Wildman–Crippen LogP) is 3.26. The monoisotopic (exact) mass is 305 g/mol. The third kappa shape index (κ3) is 3.96. The first-order chi connectivity index (χ1) is 10.1. The molecule has 0 saturated carbocycles. The number of rotatable bonds is 6. The number of carbonyl (C=O) groups excluding carboxylic acids is 1. The summed E-state index contributed by atoms with van der Waals surface area (Å²) in [6.45, 7) is 10.7. The number of morpholine rings is 1. The highest BCUT2D eigenvalue weighted by molar-refractivity contribution is 7.99. The lowest BCUT2D eigenvalue weighted by atomic mass is 9.91. The molecular weight excluding hydrogens is 282 g/mol. The fourth-order valence-electron chi connectivity index (χ4n) is 2.48. The molecule has 0 amide bonds. The van der Waals surface area contributed by atoms with Crippen LogP contribution in [-0.2, 0) is 4.74 Å². The van der Waals surface area contributed by atoms with Crippen LogP contribution in [0.15, 0.2) is 41.8 Å². The number of hydrogen-bond acceptors (Lipinski definition) is 4. The highest BCUT2D eigenvalue weighted by Gasteiger charge is 2.35. The first-order valence-corrected chi connectivity index (χ1v) is 8.25. The fourth-order valence-corrected chi connectivity index (χ4v) is 3.12. The molecule has 2 rings (SSSR count). The number of Topliss-reactive ketones (excluding diaryl/α,β-unsaturated/α-hetero) is 1. The van der Waals surface area contributed by atoms with Crippen molar-refractivity contribution in [2.24, 2.45) is 0 Å². The second-order valence-electron chi connectivity index (χ2n) is 5.61. The molecular formula is C17H23NO2S. The van der Waals surface area contributed by atoms with Crippen LogP contribution in [0.2, 0.25) is 0 Å². The molecule has 1 aromatic carbocycles. The molecule has 4 heteroatoms. The maximum absolute atomic E-state index is 12.8. The van der Waals surface area contributed by atoms with E-state index in [1.807, 2.05) is 44.2 Å². The fraction of sp³-hybridized carbons (Fsp3) is 0.471. The van der Waals surface area contributed by atoms with E-state index in [-0.39, 0.29) is 5.78 Å². The zero-order valence-corrected chi connectivity index (χ0v) is 13.6. The normalized spacial score (nSPS) is 16.7. The molecule has 0 radical (unpaired) electrons. The lowest BCUT2D eigenvalue weighted by molar-refractivity contribution is -0.00430. The molecule has 1 aromatic rings. The molecule has 114 valence electrons. The smallest absolute Gasteiger partial charge is 0.182 e. The number of ketones is 1. The summed E-state index contributed by atoms with van der Waals surface area (Å²) in [7, 11) is 0. The van der Waals surface area contributed by atoms with Crippen molar-refractivity contribution in [1.82, 2.24) is 4.90 Å². The molecule has 0 atom stereocenters. The van der Waals surface area contributed by atoms with Crippen molar-refractivity contribution in [1.29, 1.82) is 0 Å². The molecule has 0 aliphatic carbocycles. The molecule has 21 heavy (non-hydrogen) atoms. The van der Waals surface area contributed by atoms with Crippen LogP contribution in [0.4, 0.5) is 0 Å². The quantitative estimate of drug-likeness (QED) is 0.458. The number of ether oxygens (including phenoxy) is 1. The summed E-state index contributed by atoms with van der Waals surface area (Å²) in [5.74, 6) is 1.05. The minimum atomic E-state index is -0.487. The van der Waals surface area contributed by atoms with Gasteiger partial charge >= 0.3 is 0 Å². The summed E-state index contributed by atoms with van der Waals surface area (Å²) in [5, 5.41) is 0. The Morgan fingerprint density at radius 1 is 1.33 bits per heavy atom. The van der Waals surface area contributed by atoms with Crippen LogP contribution in [0.1, 0.15) is 24.2 Å². The van der Waals surface area contributed by atoms with E-state index in [0.717, 1.165) is 29.3 Å². The number of carbonyl (C=O) groups is 1. The maximum Gasteiger partial charge on any atom is 0.182 e. The van der Waals surface area contributed by atoms with Gasteiger partial charge in [-0.1, -0.05) is 18.2 Å². The van der Waals surface area contributed by atoms with Gasteiger partial charge < -0.3 is 4.74 Å². The average molecular weight is 305 g/mol. The average Bonchev–Trinajstić information content (AvgIpc) is 2.53. The Bertz CT molecular complexity index is 490. The highest BCUT2D eigenvalue weighted by Crippen LogP contribution is 2.24. The second kappa shape index (κ2) is 7.25. The van der Waals surface area contributed by atoms with E-state index in [1.165, 1.54) is 0 Å². The minimum Gasteiger partial charge on any atom is -0.379 e. The minimum absolute atomic E-state index is 0.171. The molecule has 0 bridgehead atoms. The maximum atomic E-state index is 12.8. The van der Waals surface area contributed by atoms with Crippen LogP contribution in [0.5, 0.6) is 0 Å². The summed E-state index contributed by atoms with van der Waals surface area (Å²) in [5.41, 5.74) is 0.286. The van der Waals surface area contributed by atoms with Gasteiger partial charge in [-0.25, -0.2) is 0 Å². The number of nitrogens with zero attached hydrogens (tertiary/aromatic N) is 1. The molecule has 1 fully saturated rings. The van der Waals surface area contributed by atoms with Crippen LogP contribution in [0.25, 0.3) is 0 Å². The molecule has 3 nitrogen and oxygen atoms in total. The van der Waals surface area contributed by atoms with E-state index >= 15 is 0 Å². The molecule has 1 aliphatic heterocycles. The summed E-state index contributed by atoms with van der Waals surface area (Å²) < 4.78 is 5.37. The van der Waals surface area contributed by atoms with Gasteiger partial charge in [0, 0.05) is 29.3 Å². The second-order valence-corrected chi connectivity index (χ2v) is 6.71. The van der Waals surface area contributed by atoms with Crippen LogP contribution in [-0.4, -0.2) is 48.3 Å². The Balaban J connectivity index is 2.08. The third-order valence-electron chi connectivity index (χ3n) is 3.84. The van der Waals surface area contributed by atoms with E-state index in [2.05, 4.69) is 11.5 Å². The van der Waals surface area contributed by atoms with Gasteiger partial charge in [0.2, 0.25) is 0 Å². The molecule has 0 spiro atoms. The molecule has 0 aromatic heterocycles. The van der Waals surface area contributed by atoms with Crippen molar-refractivity contribution in [3.8, 4) is 0 Å². The molecule has 1 heterocycles. The first-order valence-electron chi connectivity index (χ1n) is 7.27. The zero-order valence-electron chi connectivity index (χ0n) is 12.8. The van der Waals surface area contributed by atoms with Gasteiger partial charge in [0.1, 0.15) is 0 Å². The third-order valence-corrected chi connectivity index (χ3v) is 4.85. The van der Waals surface area contributed by atoms with Gasteiger partial charge in [0.25, 0.3) is 0 Å². The van der Waals surface area contributed by atoms with Gasteiger partial charge in [-0.2, -0.15) is 0 Å². The van der Waals surface area contributed by atoms with Crippen LogP contribution < -0.4 is 0 Å². The van der Waals surface area contributed by atoms with E-state index in [1.54, 1.807) is 11.8 Å². The summed E-state index contributed by atoms with van der Waals surface area (Å²) in [6, 6.07) is 7.87. The van der Waals surface area contributed by atoms with Crippen LogP contribution >= 0.6 is 11.8 Å². The highest BCUT2D eigenvalue weighted by atomic mass is 32.2. The van der Waals surface area contributed by atoms with Crippen molar-refractivity contribution in [3.63, 3.8) is 0 Å². The number of benzene rings is 1. The summed E-state index contributed by atoms with van der Waals surface area (Å²) >= 11 is 1.72. The SMILES string of the molecule is C=CCSc1ccc(C(=O)C(C)(C)N2CCOCC2)cc1. The molecule has 1 aliphatic rings. The Labute approximate surface area is 131 Å². The molecule has 0 N–H and O–H groups in total. The van der Waals surface area contributed by atoms with Crippen molar-refractivity contribution >= 4 is 17.5 Å². The van der Waals surface area contributed by atoms with Gasteiger partial charge in [0.15, 0.2) is 5.78 Å². The topological polar surface area (TPSA) is 29.5 Å². The van der Waals surface area contributed by atoms with Gasteiger partial charge in [-0.15, -0.1) is 18.3 Å². The number of hydrogen-bond donors (Lipinski definition) is 0. The largest absolute Gasteiger partial charge is 0.379 e.